The molecule has 3 aromatic rings. The first-order valence-electron chi connectivity index (χ1n) is 7.63. The second kappa shape index (κ2) is 6.99. The molecule has 0 fully saturated rings. The van der Waals surface area contributed by atoms with Crippen molar-refractivity contribution in [1.29, 1.82) is 0 Å². The Kier molecular flexibility index (Phi) is 4.97. The van der Waals surface area contributed by atoms with E-state index in [9.17, 15) is 0 Å². The molecule has 0 spiro atoms. The van der Waals surface area contributed by atoms with E-state index in [1.807, 2.05) is 29.5 Å². The lowest BCUT2D eigenvalue weighted by molar-refractivity contribution is 0.412. The first kappa shape index (κ1) is 17.1. The zero-order chi connectivity index (χ0) is 17.3. The Bertz CT molecular complexity index is 866. The Morgan fingerprint density at radius 2 is 1.38 bits per heavy atom. The molecule has 0 radical (unpaired) electrons. The number of ether oxygens (including phenoxy) is 2. The van der Waals surface area contributed by atoms with E-state index in [0.29, 0.717) is 0 Å². The van der Waals surface area contributed by atoms with E-state index in [0.717, 1.165) is 16.0 Å². The predicted molar refractivity (Wildman–Crippen MR) is 105 cm³/mol. The van der Waals surface area contributed by atoms with E-state index < -0.39 is 0 Å². The van der Waals surface area contributed by atoms with Gasteiger partial charge < -0.3 is 9.47 Å². The molecule has 124 valence electrons. The van der Waals surface area contributed by atoms with E-state index in [2.05, 4.69) is 54.0 Å². The van der Waals surface area contributed by atoms with Gasteiger partial charge in [-0.2, -0.15) is 0 Å². The molecule has 24 heavy (non-hydrogen) atoms. The normalized spacial score (nSPS) is 10.7. The molecule has 1 aromatic heterocycles. The van der Waals surface area contributed by atoms with Crippen molar-refractivity contribution >= 4 is 27.3 Å². The monoisotopic (exact) mass is 402 g/mol. The zero-order valence-electron chi connectivity index (χ0n) is 14.1. The molecule has 1 heterocycles. The summed E-state index contributed by atoms with van der Waals surface area (Å²) in [5, 5.41) is 0. The Hall–Kier alpha value is -1.78. The van der Waals surface area contributed by atoms with Crippen molar-refractivity contribution in [2.75, 3.05) is 14.2 Å². The maximum atomic E-state index is 5.33. The SMILES string of the molecule is COc1ccc(-c2sc(-c3ccc(OC)c(Br)c3)c(C)c2C)cc1. The second-order valence-corrected chi connectivity index (χ2v) is 7.46. The predicted octanol–water partition coefficient (Wildman–Crippen LogP) is 6.48. The van der Waals surface area contributed by atoms with Crippen molar-refractivity contribution in [3.05, 3.63) is 58.1 Å². The Labute approximate surface area is 155 Å². The van der Waals surface area contributed by atoms with E-state index in [-0.39, 0.29) is 0 Å². The van der Waals surface area contributed by atoms with Crippen molar-refractivity contribution in [3.8, 4) is 32.4 Å². The van der Waals surface area contributed by atoms with E-state index in [4.69, 9.17) is 9.47 Å². The third kappa shape index (κ3) is 3.08. The highest BCUT2D eigenvalue weighted by Crippen LogP contribution is 2.43. The van der Waals surface area contributed by atoms with Crippen LogP contribution in [0.4, 0.5) is 0 Å². The first-order chi connectivity index (χ1) is 11.5. The van der Waals surface area contributed by atoms with E-state index >= 15 is 0 Å². The van der Waals surface area contributed by atoms with Crippen LogP contribution >= 0.6 is 27.3 Å². The molecule has 2 nitrogen and oxygen atoms in total. The van der Waals surface area contributed by atoms with Gasteiger partial charge in [0.05, 0.1) is 18.7 Å². The van der Waals surface area contributed by atoms with Gasteiger partial charge >= 0.3 is 0 Å². The molecule has 0 aliphatic carbocycles. The summed E-state index contributed by atoms with van der Waals surface area (Å²) in [6.07, 6.45) is 0. The van der Waals surface area contributed by atoms with Crippen LogP contribution in [0.15, 0.2) is 46.9 Å². The highest BCUT2D eigenvalue weighted by atomic mass is 79.9. The molecular weight excluding hydrogens is 384 g/mol. The fourth-order valence-corrected chi connectivity index (χ4v) is 4.55. The molecule has 0 N–H and O–H groups in total. The van der Waals surface area contributed by atoms with Gasteiger partial charge in [-0.1, -0.05) is 0 Å². The van der Waals surface area contributed by atoms with Crippen LogP contribution in [0, 0.1) is 13.8 Å². The van der Waals surface area contributed by atoms with Crippen molar-refractivity contribution in [2.24, 2.45) is 0 Å². The Balaban J connectivity index is 2.06. The average Bonchev–Trinajstić information content (AvgIpc) is 2.90. The summed E-state index contributed by atoms with van der Waals surface area (Å²) < 4.78 is 11.6. The summed E-state index contributed by atoms with van der Waals surface area (Å²) in [5.74, 6) is 1.73. The summed E-state index contributed by atoms with van der Waals surface area (Å²) in [6, 6.07) is 14.5. The number of thiophene rings is 1. The number of halogens is 1. The molecule has 0 saturated carbocycles. The van der Waals surface area contributed by atoms with Crippen LogP contribution in [-0.2, 0) is 0 Å². The van der Waals surface area contributed by atoms with Crippen LogP contribution in [0.2, 0.25) is 0 Å². The van der Waals surface area contributed by atoms with Crippen molar-refractivity contribution in [3.63, 3.8) is 0 Å². The van der Waals surface area contributed by atoms with Crippen molar-refractivity contribution < 1.29 is 9.47 Å². The fourth-order valence-electron chi connectivity index (χ4n) is 2.70. The number of hydrogen-bond donors (Lipinski definition) is 0. The summed E-state index contributed by atoms with van der Waals surface area (Å²) >= 11 is 5.41. The maximum Gasteiger partial charge on any atom is 0.133 e. The Morgan fingerprint density at radius 3 is 1.92 bits per heavy atom. The topological polar surface area (TPSA) is 18.5 Å². The minimum atomic E-state index is 0.847. The van der Waals surface area contributed by atoms with Gasteiger partial charge in [-0.25, -0.2) is 0 Å². The molecule has 0 saturated heterocycles. The van der Waals surface area contributed by atoms with E-state index in [1.165, 1.54) is 32.0 Å². The third-order valence-corrected chi connectivity index (χ3v) is 6.33. The summed E-state index contributed by atoms with van der Waals surface area (Å²) in [4.78, 5) is 2.60. The summed E-state index contributed by atoms with van der Waals surface area (Å²) in [5.41, 5.74) is 5.07. The zero-order valence-corrected chi connectivity index (χ0v) is 16.5. The van der Waals surface area contributed by atoms with Gasteiger partial charge in [-0.3, -0.25) is 0 Å². The first-order valence-corrected chi connectivity index (χ1v) is 9.24. The van der Waals surface area contributed by atoms with E-state index in [1.54, 1.807) is 14.2 Å². The number of rotatable bonds is 4. The Morgan fingerprint density at radius 1 is 0.792 bits per heavy atom. The van der Waals surface area contributed by atoms with Crippen LogP contribution in [0.25, 0.3) is 20.9 Å². The summed E-state index contributed by atoms with van der Waals surface area (Å²) in [7, 11) is 3.37. The number of benzene rings is 2. The number of methoxy groups -OCH3 is 2. The quantitative estimate of drug-likeness (QED) is 0.497. The lowest BCUT2D eigenvalue weighted by Crippen LogP contribution is -1.85. The molecule has 4 heteroatoms. The van der Waals surface area contributed by atoms with Gasteiger partial charge in [0, 0.05) is 9.75 Å². The largest absolute Gasteiger partial charge is 0.497 e. The van der Waals surface area contributed by atoms with Crippen LogP contribution in [0.1, 0.15) is 11.1 Å². The lowest BCUT2D eigenvalue weighted by Gasteiger charge is -2.06. The van der Waals surface area contributed by atoms with Gasteiger partial charge in [0.1, 0.15) is 11.5 Å². The van der Waals surface area contributed by atoms with Crippen molar-refractivity contribution in [1.82, 2.24) is 0 Å². The van der Waals surface area contributed by atoms with Gasteiger partial charge in [0.15, 0.2) is 0 Å². The minimum absolute atomic E-state index is 0.847. The fraction of sp³-hybridized carbons (Fsp3) is 0.200. The molecule has 0 aliphatic rings. The molecule has 0 unspecified atom stereocenters. The van der Waals surface area contributed by atoms with Crippen LogP contribution in [0.5, 0.6) is 11.5 Å². The molecule has 0 atom stereocenters. The molecule has 2 aromatic carbocycles. The molecule has 0 bridgehead atoms. The maximum absolute atomic E-state index is 5.33. The summed E-state index contributed by atoms with van der Waals surface area (Å²) in [6.45, 7) is 4.37. The molecule has 0 amide bonds. The highest BCUT2D eigenvalue weighted by molar-refractivity contribution is 9.10. The minimum Gasteiger partial charge on any atom is -0.497 e. The smallest absolute Gasteiger partial charge is 0.133 e. The van der Waals surface area contributed by atoms with Crippen LogP contribution in [-0.4, -0.2) is 14.2 Å². The standard InChI is InChI=1S/C20H19BrO2S/c1-12-13(2)20(15-7-10-18(23-4)17(21)11-15)24-19(12)14-5-8-16(22-3)9-6-14/h5-11H,1-4H3. The molecule has 3 rings (SSSR count). The third-order valence-electron chi connectivity index (χ3n) is 4.21. The second-order valence-electron chi connectivity index (χ2n) is 5.59. The van der Waals surface area contributed by atoms with Gasteiger partial charge in [0.2, 0.25) is 0 Å². The van der Waals surface area contributed by atoms with Gasteiger partial charge in [0.25, 0.3) is 0 Å². The molecule has 0 aliphatic heterocycles. The lowest BCUT2D eigenvalue weighted by atomic mass is 10.0. The van der Waals surface area contributed by atoms with Crippen LogP contribution in [0.3, 0.4) is 0 Å². The number of hydrogen-bond acceptors (Lipinski definition) is 3. The molecular formula is C20H19BrO2S. The van der Waals surface area contributed by atoms with Gasteiger partial charge in [-0.15, -0.1) is 11.3 Å². The van der Waals surface area contributed by atoms with Crippen molar-refractivity contribution in [2.45, 2.75) is 13.8 Å². The van der Waals surface area contributed by atoms with Crippen LogP contribution < -0.4 is 9.47 Å². The average molecular weight is 403 g/mol. The van der Waals surface area contributed by atoms with Gasteiger partial charge in [-0.05, 0) is 94.5 Å². The highest BCUT2D eigenvalue weighted by Gasteiger charge is 2.15.